The molecule has 11 nitrogen and oxygen atoms in total. The molecule has 412 valence electrons. The van der Waals surface area contributed by atoms with Gasteiger partial charge in [0.25, 0.3) is 0 Å². The number of allylic oxidation sites excluding steroid dienone is 3. The molecular formula is C59H111NO10. The maximum Gasteiger partial charge on any atom is 0.305 e. The van der Waals surface area contributed by atoms with Crippen LogP contribution >= 0.6 is 0 Å². The molecule has 0 aromatic rings. The molecule has 7 atom stereocenters. The van der Waals surface area contributed by atoms with Gasteiger partial charge in [-0.25, -0.2) is 0 Å². The van der Waals surface area contributed by atoms with Crippen molar-refractivity contribution < 1.29 is 49.3 Å². The van der Waals surface area contributed by atoms with Crippen molar-refractivity contribution in [1.29, 1.82) is 0 Å². The highest BCUT2D eigenvalue weighted by Crippen LogP contribution is 2.23. The molecule has 1 rings (SSSR count). The van der Waals surface area contributed by atoms with Gasteiger partial charge in [-0.2, -0.15) is 0 Å². The van der Waals surface area contributed by atoms with Gasteiger partial charge in [-0.1, -0.05) is 231 Å². The lowest BCUT2D eigenvalue weighted by Crippen LogP contribution is -2.60. The molecule has 11 heteroatoms. The normalized spacial score (nSPS) is 19.3. The van der Waals surface area contributed by atoms with E-state index < -0.39 is 49.5 Å². The zero-order valence-electron chi connectivity index (χ0n) is 45.2. The van der Waals surface area contributed by atoms with E-state index in [2.05, 4.69) is 31.3 Å². The lowest BCUT2D eigenvalue weighted by atomic mass is 9.99. The highest BCUT2D eigenvalue weighted by molar-refractivity contribution is 5.76. The van der Waals surface area contributed by atoms with Gasteiger partial charge in [0.05, 0.1) is 32.0 Å². The molecule has 0 radical (unpaired) electrons. The molecule has 1 aliphatic rings. The van der Waals surface area contributed by atoms with E-state index in [1.165, 1.54) is 180 Å². The van der Waals surface area contributed by atoms with Gasteiger partial charge in [0.15, 0.2) is 6.29 Å². The van der Waals surface area contributed by atoms with E-state index >= 15 is 0 Å². The molecule has 0 bridgehead atoms. The number of unbranched alkanes of at least 4 members (excludes halogenated alkanes) is 35. The van der Waals surface area contributed by atoms with Crippen molar-refractivity contribution in [3.05, 3.63) is 24.3 Å². The fourth-order valence-electron chi connectivity index (χ4n) is 9.31. The van der Waals surface area contributed by atoms with Crippen LogP contribution in [-0.4, -0.2) is 100 Å². The first-order valence-corrected chi connectivity index (χ1v) is 29.6. The molecule has 0 aromatic heterocycles. The van der Waals surface area contributed by atoms with Gasteiger partial charge in [-0.05, 0) is 57.8 Å². The predicted molar refractivity (Wildman–Crippen MR) is 288 cm³/mol. The second-order valence-electron chi connectivity index (χ2n) is 20.7. The van der Waals surface area contributed by atoms with E-state index in [0.717, 1.165) is 70.6 Å². The summed E-state index contributed by atoms with van der Waals surface area (Å²) in [6.45, 7) is 4.28. The predicted octanol–water partition coefficient (Wildman–Crippen LogP) is 13.3. The van der Waals surface area contributed by atoms with Crippen molar-refractivity contribution in [2.24, 2.45) is 0 Å². The topological polar surface area (TPSA) is 175 Å². The molecule has 70 heavy (non-hydrogen) atoms. The highest BCUT2D eigenvalue weighted by atomic mass is 16.7. The van der Waals surface area contributed by atoms with Gasteiger partial charge < -0.3 is 45.1 Å². The van der Waals surface area contributed by atoms with Gasteiger partial charge in [0.1, 0.15) is 24.4 Å². The number of carbonyl (C=O) groups is 2. The minimum atomic E-state index is -1.57. The molecule has 0 spiro atoms. The maximum absolute atomic E-state index is 13.0. The van der Waals surface area contributed by atoms with Crippen molar-refractivity contribution >= 4 is 11.9 Å². The highest BCUT2D eigenvalue weighted by Gasteiger charge is 2.44. The van der Waals surface area contributed by atoms with E-state index in [-0.39, 0.29) is 18.5 Å². The quantitative estimate of drug-likeness (QED) is 0.0195. The van der Waals surface area contributed by atoms with Crippen LogP contribution < -0.4 is 5.32 Å². The molecule has 1 aliphatic heterocycles. The van der Waals surface area contributed by atoms with Crippen LogP contribution in [-0.2, 0) is 23.8 Å². The molecule has 7 unspecified atom stereocenters. The van der Waals surface area contributed by atoms with Crippen molar-refractivity contribution in [2.75, 3.05) is 19.8 Å². The van der Waals surface area contributed by atoms with Crippen molar-refractivity contribution in [2.45, 2.75) is 320 Å². The summed E-state index contributed by atoms with van der Waals surface area (Å²) in [5.74, 6) is -0.217. The van der Waals surface area contributed by atoms with Crippen LogP contribution in [0.1, 0.15) is 277 Å². The lowest BCUT2D eigenvalue weighted by molar-refractivity contribution is -0.302. The van der Waals surface area contributed by atoms with Crippen LogP contribution in [0.5, 0.6) is 0 Å². The molecule has 0 aromatic carbocycles. The molecule has 1 amide bonds. The number of hydrogen-bond acceptors (Lipinski definition) is 10. The maximum atomic E-state index is 13.0. The van der Waals surface area contributed by atoms with Crippen LogP contribution in [0.4, 0.5) is 0 Å². The number of amides is 1. The molecule has 0 saturated carbocycles. The van der Waals surface area contributed by atoms with Gasteiger partial charge in [0, 0.05) is 12.8 Å². The summed E-state index contributed by atoms with van der Waals surface area (Å²) in [6, 6.07) is -0.816. The minimum Gasteiger partial charge on any atom is -0.466 e. The third kappa shape index (κ3) is 38.7. The van der Waals surface area contributed by atoms with Gasteiger partial charge in [-0.15, -0.1) is 0 Å². The van der Waals surface area contributed by atoms with E-state index in [1.807, 2.05) is 6.08 Å². The molecule has 1 heterocycles. The number of aliphatic hydroxyl groups excluding tert-OH is 5. The monoisotopic (exact) mass is 994 g/mol. The Bertz CT molecular complexity index is 1220. The van der Waals surface area contributed by atoms with Gasteiger partial charge in [0.2, 0.25) is 5.91 Å². The van der Waals surface area contributed by atoms with E-state index in [4.69, 9.17) is 14.2 Å². The first kappa shape index (κ1) is 66.2. The van der Waals surface area contributed by atoms with Crippen molar-refractivity contribution in [3.63, 3.8) is 0 Å². The van der Waals surface area contributed by atoms with E-state index in [9.17, 15) is 35.1 Å². The second kappa shape index (κ2) is 49.4. The summed E-state index contributed by atoms with van der Waals surface area (Å²) in [6.07, 6.45) is 48.5. The summed E-state index contributed by atoms with van der Waals surface area (Å²) in [5, 5.41) is 54.2. The Labute approximate surface area is 429 Å². The van der Waals surface area contributed by atoms with Crippen molar-refractivity contribution in [3.8, 4) is 0 Å². The van der Waals surface area contributed by atoms with Gasteiger partial charge >= 0.3 is 5.97 Å². The summed E-state index contributed by atoms with van der Waals surface area (Å²) in [4.78, 5) is 25.1. The number of carbonyl (C=O) groups excluding carboxylic acids is 2. The Balaban J connectivity index is 2.03. The van der Waals surface area contributed by atoms with E-state index in [1.54, 1.807) is 6.08 Å². The van der Waals surface area contributed by atoms with E-state index in [0.29, 0.717) is 19.4 Å². The Hall–Kier alpha value is -1.86. The number of aliphatic hydroxyl groups is 5. The van der Waals surface area contributed by atoms with Crippen LogP contribution in [0.2, 0.25) is 0 Å². The zero-order valence-corrected chi connectivity index (χ0v) is 45.2. The first-order valence-electron chi connectivity index (χ1n) is 29.6. The summed E-state index contributed by atoms with van der Waals surface area (Å²) >= 11 is 0. The second-order valence-corrected chi connectivity index (χ2v) is 20.7. The van der Waals surface area contributed by atoms with Crippen molar-refractivity contribution in [1.82, 2.24) is 5.32 Å². The summed E-state index contributed by atoms with van der Waals surface area (Å²) in [7, 11) is 0. The van der Waals surface area contributed by atoms with Crippen LogP contribution in [0, 0.1) is 0 Å². The fourth-order valence-corrected chi connectivity index (χ4v) is 9.31. The first-order chi connectivity index (χ1) is 34.2. The third-order valence-electron chi connectivity index (χ3n) is 14.1. The van der Waals surface area contributed by atoms with Gasteiger partial charge in [-0.3, -0.25) is 9.59 Å². The Morgan fingerprint density at radius 2 is 0.914 bits per heavy atom. The number of nitrogens with one attached hydrogen (secondary N) is 1. The third-order valence-corrected chi connectivity index (χ3v) is 14.1. The van der Waals surface area contributed by atoms with Crippen LogP contribution in [0.15, 0.2) is 24.3 Å². The largest absolute Gasteiger partial charge is 0.466 e. The smallest absolute Gasteiger partial charge is 0.305 e. The Morgan fingerprint density at radius 1 is 0.514 bits per heavy atom. The summed E-state index contributed by atoms with van der Waals surface area (Å²) < 4.78 is 16.7. The number of hydrogen-bond donors (Lipinski definition) is 6. The minimum absolute atomic E-state index is 0.0233. The average Bonchev–Trinajstić information content (AvgIpc) is 3.36. The molecule has 6 N–H and O–H groups in total. The molecule has 1 saturated heterocycles. The fraction of sp³-hybridized carbons (Fsp3) is 0.898. The number of ether oxygens (including phenoxy) is 3. The van der Waals surface area contributed by atoms with Crippen LogP contribution in [0.3, 0.4) is 0 Å². The summed E-state index contributed by atoms with van der Waals surface area (Å²) in [5.41, 5.74) is 0. The number of rotatable bonds is 51. The average molecular weight is 995 g/mol. The number of esters is 1. The van der Waals surface area contributed by atoms with Crippen LogP contribution in [0.25, 0.3) is 0 Å². The Kier molecular flexibility index (Phi) is 46.6. The molecule has 1 fully saturated rings. The zero-order chi connectivity index (χ0) is 51.0. The SMILES string of the molecule is CCCCCCCC/C=C\CCCCCCCCCCCC(=O)OCCCCCCCCCCCCCCCCC(=O)NC(COC1OC(CO)C(O)C(O)C1O)C(O)/C=C/CCCCCCCCC. The molecular weight excluding hydrogens is 883 g/mol. The molecule has 0 aliphatic carbocycles. The Morgan fingerprint density at radius 3 is 1.37 bits per heavy atom. The standard InChI is InChI=1S/C59H111NO10/c1-3-5-7-9-11-13-14-15-16-17-18-19-20-24-27-31-35-39-43-47-55(64)68-48-44-40-36-32-28-25-22-21-23-26-30-34-38-42-46-54(63)60-51(52(62)45-41-37-33-29-12-10-8-6-4-2)50-69-59-58(67)57(66)56(65)53(49-61)70-59/h15-16,41,45,51-53,56-59,61-62,65-67H,3-14,17-40,42-44,46-50H2,1-2H3,(H,60,63)/b16-15-,45-41+. The lowest BCUT2D eigenvalue weighted by Gasteiger charge is -2.40.